The summed E-state index contributed by atoms with van der Waals surface area (Å²) in [4.78, 5) is 3.99. The van der Waals surface area contributed by atoms with Crippen LogP contribution in [-0.4, -0.2) is 11.6 Å². The van der Waals surface area contributed by atoms with Crippen molar-refractivity contribution in [1.29, 1.82) is 0 Å². The van der Waals surface area contributed by atoms with Gasteiger partial charge in [-0.1, -0.05) is 17.7 Å². The summed E-state index contributed by atoms with van der Waals surface area (Å²) in [6.07, 6.45) is 4.47. The van der Waals surface area contributed by atoms with E-state index in [2.05, 4.69) is 18.0 Å². The Balaban J connectivity index is 1.94. The summed E-state index contributed by atoms with van der Waals surface area (Å²) in [5.74, 6) is 1.36. The molecule has 1 aromatic heterocycles. The number of hydrogen-bond acceptors (Lipinski definition) is 2. The van der Waals surface area contributed by atoms with Gasteiger partial charge in [-0.05, 0) is 30.7 Å². The molecule has 0 amide bonds. The molecule has 2 aromatic rings. The number of aryl methyl sites for hydroxylation is 1. The van der Waals surface area contributed by atoms with Crippen LogP contribution in [0.3, 0.4) is 0 Å². The highest BCUT2D eigenvalue weighted by Gasteiger charge is 2.03. The maximum Gasteiger partial charge on any atom is 0.123 e. The molecule has 2 rings (SSSR count). The normalized spacial score (nSPS) is 10.3. The minimum Gasteiger partial charge on any atom is -0.493 e. The SMILES string of the molecule is Cc1ccc(OCCc2ccncc2)c(CCl)c1. The van der Waals surface area contributed by atoms with Gasteiger partial charge in [-0.15, -0.1) is 11.6 Å². The van der Waals surface area contributed by atoms with Gasteiger partial charge >= 0.3 is 0 Å². The largest absolute Gasteiger partial charge is 0.493 e. The van der Waals surface area contributed by atoms with Crippen LogP contribution < -0.4 is 4.74 Å². The lowest BCUT2D eigenvalue weighted by Crippen LogP contribution is -2.03. The minimum absolute atomic E-state index is 0.478. The van der Waals surface area contributed by atoms with E-state index in [4.69, 9.17) is 16.3 Å². The number of hydrogen-bond donors (Lipinski definition) is 0. The second-order valence-corrected chi connectivity index (χ2v) is 4.47. The molecule has 0 atom stereocenters. The van der Waals surface area contributed by atoms with E-state index in [0.717, 1.165) is 17.7 Å². The Bertz CT molecular complexity index is 499. The van der Waals surface area contributed by atoms with Crippen molar-refractivity contribution < 1.29 is 4.74 Å². The summed E-state index contributed by atoms with van der Waals surface area (Å²) in [7, 11) is 0. The molecule has 0 N–H and O–H groups in total. The average Bonchev–Trinajstić information content (AvgIpc) is 2.41. The molecule has 1 aromatic carbocycles. The second kappa shape index (κ2) is 6.41. The van der Waals surface area contributed by atoms with E-state index in [1.165, 1.54) is 11.1 Å². The predicted octanol–water partition coefficient (Wildman–Crippen LogP) is 3.75. The molecule has 0 radical (unpaired) electrons. The van der Waals surface area contributed by atoms with Crippen LogP contribution >= 0.6 is 11.6 Å². The van der Waals surface area contributed by atoms with Gasteiger partial charge in [-0.25, -0.2) is 0 Å². The average molecular weight is 262 g/mol. The third kappa shape index (κ3) is 3.47. The predicted molar refractivity (Wildman–Crippen MR) is 74.2 cm³/mol. The fourth-order valence-electron chi connectivity index (χ4n) is 1.78. The fourth-order valence-corrected chi connectivity index (χ4v) is 1.99. The Morgan fingerprint density at radius 1 is 1.17 bits per heavy atom. The van der Waals surface area contributed by atoms with Gasteiger partial charge in [0.2, 0.25) is 0 Å². The molecular weight excluding hydrogens is 246 g/mol. The smallest absolute Gasteiger partial charge is 0.123 e. The molecule has 0 spiro atoms. The van der Waals surface area contributed by atoms with Crippen LogP contribution in [0, 0.1) is 6.92 Å². The highest BCUT2D eigenvalue weighted by molar-refractivity contribution is 6.17. The third-order valence-corrected chi connectivity index (χ3v) is 3.05. The first kappa shape index (κ1) is 12.9. The summed E-state index contributed by atoms with van der Waals surface area (Å²) in [5, 5.41) is 0. The first-order chi connectivity index (χ1) is 8.79. The number of nitrogens with zero attached hydrogens (tertiary/aromatic N) is 1. The van der Waals surface area contributed by atoms with E-state index in [1.807, 2.05) is 24.3 Å². The first-order valence-corrected chi connectivity index (χ1v) is 6.50. The van der Waals surface area contributed by atoms with Crippen molar-refractivity contribution >= 4 is 11.6 Å². The second-order valence-electron chi connectivity index (χ2n) is 4.20. The van der Waals surface area contributed by atoms with E-state index >= 15 is 0 Å². The van der Waals surface area contributed by atoms with Crippen LogP contribution in [0.25, 0.3) is 0 Å². The molecule has 0 bridgehead atoms. The molecule has 0 aliphatic rings. The number of benzene rings is 1. The number of halogens is 1. The topological polar surface area (TPSA) is 22.1 Å². The monoisotopic (exact) mass is 261 g/mol. The van der Waals surface area contributed by atoms with Crippen LogP contribution in [0.1, 0.15) is 16.7 Å². The van der Waals surface area contributed by atoms with E-state index in [9.17, 15) is 0 Å². The Labute approximate surface area is 113 Å². The maximum atomic E-state index is 5.91. The quantitative estimate of drug-likeness (QED) is 0.765. The lowest BCUT2D eigenvalue weighted by molar-refractivity contribution is 0.319. The van der Waals surface area contributed by atoms with E-state index in [0.29, 0.717) is 12.5 Å². The lowest BCUT2D eigenvalue weighted by atomic mass is 10.1. The van der Waals surface area contributed by atoms with Crippen LogP contribution in [0.4, 0.5) is 0 Å². The van der Waals surface area contributed by atoms with Crippen molar-refractivity contribution in [3.8, 4) is 5.75 Å². The zero-order valence-electron chi connectivity index (χ0n) is 10.4. The standard InChI is InChI=1S/C15H16ClNO/c1-12-2-3-15(14(10-12)11-16)18-9-6-13-4-7-17-8-5-13/h2-5,7-8,10H,6,9,11H2,1H3. The fraction of sp³-hybridized carbons (Fsp3) is 0.267. The summed E-state index contributed by atoms with van der Waals surface area (Å²) in [6.45, 7) is 2.70. The summed E-state index contributed by atoms with van der Waals surface area (Å²) in [5.41, 5.74) is 3.48. The third-order valence-electron chi connectivity index (χ3n) is 2.76. The van der Waals surface area contributed by atoms with Crippen molar-refractivity contribution in [3.63, 3.8) is 0 Å². The minimum atomic E-state index is 0.478. The highest BCUT2D eigenvalue weighted by Crippen LogP contribution is 2.22. The molecule has 2 nitrogen and oxygen atoms in total. The molecule has 0 saturated heterocycles. The van der Waals surface area contributed by atoms with Crippen LogP contribution in [0.2, 0.25) is 0 Å². The maximum absolute atomic E-state index is 5.91. The zero-order chi connectivity index (χ0) is 12.8. The van der Waals surface area contributed by atoms with Crippen molar-refractivity contribution in [3.05, 3.63) is 59.4 Å². The molecule has 0 unspecified atom stereocenters. The molecule has 94 valence electrons. The van der Waals surface area contributed by atoms with E-state index < -0.39 is 0 Å². The van der Waals surface area contributed by atoms with Gasteiger partial charge in [0.25, 0.3) is 0 Å². The Morgan fingerprint density at radius 2 is 1.94 bits per heavy atom. The van der Waals surface area contributed by atoms with Gasteiger partial charge < -0.3 is 4.74 Å². The van der Waals surface area contributed by atoms with Gasteiger partial charge in [0.05, 0.1) is 12.5 Å². The van der Waals surface area contributed by atoms with Crippen LogP contribution in [0.5, 0.6) is 5.75 Å². The molecule has 0 aliphatic heterocycles. The van der Waals surface area contributed by atoms with Crippen molar-refractivity contribution in [2.45, 2.75) is 19.2 Å². The number of rotatable bonds is 5. The molecular formula is C15H16ClNO. The lowest BCUT2D eigenvalue weighted by Gasteiger charge is -2.10. The van der Waals surface area contributed by atoms with Gasteiger partial charge in [0.1, 0.15) is 5.75 Å². The Hall–Kier alpha value is -1.54. The summed E-state index contributed by atoms with van der Waals surface area (Å²) in [6, 6.07) is 10.1. The number of ether oxygens (including phenoxy) is 1. The Morgan fingerprint density at radius 3 is 2.67 bits per heavy atom. The van der Waals surface area contributed by atoms with Crippen molar-refractivity contribution in [2.24, 2.45) is 0 Å². The van der Waals surface area contributed by atoms with Crippen LogP contribution in [0.15, 0.2) is 42.7 Å². The molecule has 0 saturated carbocycles. The van der Waals surface area contributed by atoms with Gasteiger partial charge in [-0.2, -0.15) is 0 Å². The molecule has 0 aliphatic carbocycles. The highest BCUT2D eigenvalue weighted by atomic mass is 35.5. The molecule has 18 heavy (non-hydrogen) atoms. The van der Waals surface area contributed by atoms with Gasteiger partial charge in [-0.3, -0.25) is 4.98 Å². The molecule has 1 heterocycles. The summed E-state index contributed by atoms with van der Waals surface area (Å²) < 4.78 is 5.78. The number of alkyl halides is 1. The Kier molecular flexibility index (Phi) is 4.59. The molecule has 0 fully saturated rings. The van der Waals surface area contributed by atoms with E-state index in [1.54, 1.807) is 12.4 Å². The van der Waals surface area contributed by atoms with E-state index in [-0.39, 0.29) is 0 Å². The number of pyridine rings is 1. The van der Waals surface area contributed by atoms with Gasteiger partial charge in [0, 0.05) is 24.4 Å². The number of aromatic nitrogens is 1. The summed E-state index contributed by atoms with van der Waals surface area (Å²) >= 11 is 5.91. The van der Waals surface area contributed by atoms with Crippen molar-refractivity contribution in [1.82, 2.24) is 4.98 Å². The van der Waals surface area contributed by atoms with Crippen molar-refractivity contribution in [2.75, 3.05) is 6.61 Å². The molecule has 3 heteroatoms. The van der Waals surface area contributed by atoms with Crippen LogP contribution in [-0.2, 0) is 12.3 Å². The van der Waals surface area contributed by atoms with Gasteiger partial charge in [0.15, 0.2) is 0 Å². The zero-order valence-corrected chi connectivity index (χ0v) is 11.2. The first-order valence-electron chi connectivity index (χ1n) is 5.97.